The summed E-state index contributed by atoms with van der Waals surface area (Å²) in [5.74, 6) is -0.0871. The fourth-order valence-corrected chi connectivity index (χ4v) is 3.92. The SMILES string of the molecule is N#CCc1c(N2CCC(C(=O)Nc3ccncc3)CC2)c2ccccc2[nH]c1=O. The van der Waals surface area contributed by atoms with Crippen LogP contribution in [0.4, 0.5) is 11.4 Å². The highest BCUT2D eigenvalue weighted by molar-refractivity contribution is 5.94. The number of nitrogens with one attached hydrogen (secondary N) is 2. The molecule has 0 bridgehead atoms. The van der Waals surface area contributed by atoms with E-state index in [0.29, 0.717) is 31.5 Å². The van der Waals surface area contributed by atoms with Crippen LogP contribution in [-0.4, -0.2) is 29.0 Å². The van der Waals surface area contributed by atoms with Gasteiger partial charge in [-0.25, -0.2) is 0 Å². The van der Waals surface area contributed by atoms with Gasteiger partial charge >= 0.3 is 0 Å². The van der Waals surface area contributed by atoms with Gasteiger partial charge in [-0.15, -0.1) is 0 Å². The van der Waals surface area contributed by atoms with Crippen molar-refractivity contribution in [2.24, 2.45) is 5.92 Å². The molecule has 4 rings (SSSR count). The maximum Gasteiger partial charge on any atom is 0.254 e. The summed E-state index contributed by atoms with van der Waals surface area (Å²) in [5, 5.41) is 13.1. The lowest BCUT2D eigenvalue weighted by Crippen LogP contribution is -2.39. The van der Waals surface area contributed by atoms with Crippen molar-refractivity contribution < 1.29 is 4.79 Å². The van der Waals surface area contributed by atoms with Gasteiger partial charge in [-0.05, 0) is 31.0 Å². The number of anilines is 2. The molecule has 7 heteroatoms. The fraction of sp³-hybridized carbons (Fsp3) is 0.273. The Balaban J connectivity index is 1.56. The van der Waals surface area contributed by atoms with E-state index in [0.717, 1.165) is 22.3 Å². The first-order chi connectivity index (χ1) is 14.2. The van der Waals surface area contributed by atoms with Crippen LogP contribution in [0.25, 0.3) is 10.9 Å². The maximum atomic E-state index is 12.6. The van der Waals surface area contributed by atoms with Crippen LogP contribution in [0.2, 0.25) is 0 Å². The molecule has 29 heavy (non-hydrogen) atoms. The van der Waals surface area contributed by atoms with E-state index in [1.165, 1.54) is 0 Å². The molecule has 2 N–H and O–H groups in total. The van der Waals surface area contributed by atoms with Crippen molar-refractivity contribution in [1.82, 2.24) is 9.97 Å². The Morgan fingerprint density at radius 3 is 2.66 bits per heavy atom. The van der Waals surface area contributed by atoms with E-state index < -0.39 is 0 Å². The molecule has 1 amide bonds. The minimum atomic E-state index is -0.224. The number of benzene rings is 1. The molecule has 1 aliphatic heterocycles. The number of carbonyl (C=O) groups excluding carboxylic acids is 1. The smallest absolute Gasteiger partial charge is 0.254 e. The highest BCUT2D eigenvalue weighted by atomic mass is 16.2. The number of aromatic amines is 1. The van der Waals surface area contributed by atoms with Crippen LogP contribution >= 0.6 is 0 Å². The molecule has 3 aromatic rings. The summed E-state index contributed by atoms with van der Waals surface area (Å²) in [7, 11) is 0. The van der Waals surface area contributed by atoms with E-state index in [1.54, 1.807) is 24.5 Å². The van der Waals surface area contributed by atoms with Crippen LogP contribution in [0.5, 0.6) is 0 Å². The van der Waals surface area contributed by atoms with E-state index in [4.69, 9.17) is 0 Å². The summed E-state index contributed by atoms with van der Waals surface area (Å²) < 4.78 is 0. The number of hydrogen-bond acceptors (Lipinski definition) is 5. The molecular weight excluding hydrogens is 366 g/mol. The molecule has 2 aromatic heterocycles. The van der Waals surface area contributed by atoms with E-state index in [2.05, 4.69) is 26.3 Å². The molecule has 0 atom stereocenters. The number of carbonyl (C=O) groups is 1. The van der Waals surface area contributed by atoms with Crippen LogP contribution in [0.15, 0.2) is 53.6 Å². The van der Waals surface area contributed by atoms with Crippen molar-refractivity contribution in [2.45, 2.75) is 19.3 Å². The molecule has 3 heterocycles. The number of pyridine rings is 2. The Labute approximate surface area is 168 Å². The zero-order valence-electron chi connectivity index (χ0n) is 15.9. The van der Waals surface area contributed by atoms with Crippen LogP contribution in [-0.2, 0) is 11.2 Å². The third-order valence-electron chi connectivity index (χ3n) is 5.38. The third kappa shape index (κ3) is 3.83. The molecule has 0 saturated carbocycles. The second-order valence-corrected chi connectivity index (χ2v) is 7.15. The normalized spacial score (nSPS) is 14.5. The molecule has 1 saturated heterocycles. The Morgan fingerprint density at radius 2 is 1.93 bits per heavy atom. The van der Waals surface area contributed by atoms with Gasteiger partial charge < -0.3 is 15.2 Å². The monoisotopic (exact) mass is 387 g/mol. The average Bonchev–Trinajstić information content (AvgIpc) is 2.75. The predicted molar refractivity (Wildman–Crippen MR) is 112 cm³/mol. The zero-order valence-corrected chi connectivity index (χ0v) is 15.9. The first kappa shape index (κ1) is 18.7. The molecule has 1 aliphatic rings. The minimum Gasteiger partial charge on any atom is -0.371 e. The molecule has 7 nitrogen and oxygen atoms in total. The first-order valence-corrected chi connectivity index (χ1v) is 9.64. The molecule has 0 radical (unpaired) electrons. The number of fused-ring (bicyclic) bond motifs is 1. The average molecular weight is 387 g/mol. The summed E-state index contributed by atoms with van der Waals surface area (Å²) in [6.07, 6.45) is 4.71. The maximum absolute atomic E-state index is 12.6. The highest BCUT2D eigenvalue weighted by Crippen LogP contribution is 2.31. The Bertz CT molecular complexity index is 1130. The summed E-state index contributed by atoms with van der Waals surface area (Å²) in [6.45, 7) is 1.31. The number of H-pyrrole nitrogens is 1. The third-order valence-corrected chi connectivity index (χ3v) is 5.38. The van der Waals surface area contributed by atoms with Crippen molar-refractivity contribution in [3.05, 3.63) is 64.7 Å². The summed E-state index contributed by atoms with van der Waals surface area (Å²) in [4.78, 5) is 34.1. The van der Waals surface area contributed by atoms with Crippen LogP contribution in [0.1, 0.15) is 18.4 Å². The largest absolute Gasteiger partial charge is 0.371 e. The zero-order chi connectivity index (χ0) is 20.2. The van der Waals surface area contributed by atoms with E-state index in [9.17, 15) is 14.9 Å². The van der Waals surface area contributed by atoms with Gasteiger partial charge in [0.1, 0.15) is 0 Å². The second-order valence-electron chi connectivity index (χ2n) is 7.15. The molecule has 1 aromatic carbocycles. The number of para-hydroxylation sites is 1. The minimum absolute atomic E-state index is 0.00358. The number of nitriles is 1. The molecule has 146 valence electrons. The second kappa shape index (κ2) is 8.15. The number of amides is 1. The van der Waals surface area contributed by atoms with E-state index >= 15 is 0 Å². The number of nitrogens with zero attached hydrogens (tertiary/aromatic N) is 3. The lowest BCUT2D eigenvalue weighted by atomic mass is 9.94. The lowest BCUT2D eigenvalue weighted by Gasteiger charge is -2.34. The van der Waals surface area contributed by atoms with Crippen molar-refractivity contribution in [3.8, 4) is 6.07 Å². The van der Waals surface area contributed by atoms with Crippen molar-refractivity contribution in [3.63, 3.8) is 0 Å². The Hall–Kier alpha value is -3.66. The summed E-state index contributed by atoms with van der Waals surface area (Å²) >= 11 is 0. The van der Waals surface area contributed by atoms with Crippen LogP contribution in [0, 0.1) is 17.2 Å². The molecule has 1 fully saturated rings. The predicted octanol–water partition coefficient (Wildman–Crippen LogP) is 2.84. The van der Waals surface area contributed by atoms with Gasteiger partial charge in [0.05, 0.1) is 29.3 Å². The molecule has 0 spiro atoms. The number of rotatable bonds is 4. The van der Waals surface area contributed by atoms with E-state index in [-0.39, 0.29) is 23.8 Å². The lowest BCUT2D eigenvalue weighted by molar-refractivity contribution is -0.120. The summed E-state index contributed by atoms with van der Waals surface area (Å²) in [5.41, 5.74) is 2.58. The Morgan fingerprint density at radius 1 is 1.21 bits per heavy atom. The number of aromatic nitrogens is 2. The summed E-state index contributed by atoms with van der Waals surface area (Å²) in [6, 6.07) is 13.3. The van der Waals surface area contributed by atoms with Crippen LogP contribution in [0.3, 0.4) is 0 Å². The van der Waals surface area contributed by atoms with Gasteiger partial charge in [0.25, 0.3) is 5.56 Å². The van der Waals surface area contributed by atoms with E-state index in [1.807, 2.05) is 24.3 Å². The van der Waals surface area contributed by atoms with Crippen molar-refractivity contribution in [2.75, 3.05) is 23.3 Å². The Kier molecular flexibility index (Phi) is 5.25. The fourth-order valence-electron chi connectivity index (χ4n) is 3.92. The van der Waals surface area contributed by atoms with Gasteiger partial charge in [0, 0.05) is 42.5 Å². The van der Waals surface area contributed by atoms with Crippen molar-refractivity contribution >= 4 is 28.2 Å². The van der Waals surface area contributed by atoms with Gasteiger partial charge in [-0.1, -0.05) is 18.2 Å². The van der Waals surface area contributed by atoms with Gasteiger partial charge in [-0.2, -0.15) is 5.26 Å². The molecule has 0 unspecified atom stereocenters. The van der Waals surface area contributed by atoms with Gasteiger partial charge in [0.15, 0.2) is 0 Å². The molecular formula is C22H21N5O2. The van der Waals surface area contributed by atoms with Gasteiger partial charge in [-0.3, -0.25) is 14.6 Å². The first-order valence-electron chi connectivity index (χ1n) is 9.64. The number of piperidine rings is 1. The topological polar surface area (TPSA) is 102 Å². The van der Waals surface area contributed by atoms with Gasteiger partial charge in [0.2, 0.25) is 5.91 Å². The number of hydrogen-bond donors (Lipinski definition) is 2. The quantitative estimate of drug-likeness (QED) is 0.717. The highest BCUT2D eigenvalue weighted by Gasteiger charge is 2.28. The van der Waals surface area contributed by atoms with Crippen LogP contribution < -0.4 is 15.8 Å². The standard InChI is InChI=1S/C22H21N5O2/c23-10-5-18-20(17-3-1-2-4-19(17)26-22(18)29)27-13-8-15(9-14-27)21(28)25-16-6-11-24-12-7-16/h1-4,6-7,11-12,15H,5,8-9,13-14H2,(H,26,29)(H,24,25,28). The van der Waals surface area contributed by atoms with Crippen molar-refractivity contribution in [1.29, 1.82) is 5.26 Å². The molecule has 0 aliphatic carbocycles.